The van der Waals surface area contributed by atoms with E-state index in [1.165, 1.54) is 24.9 Å². The van der Waals surface area contributed by atoms with E-state index in [1.807, 2.05) is 5.01 Å². The van der Waals surface area contributed by atoms with E-state index in [0.717, 1.165) is 5.56 Å². The van der Waals surface area contributed by atoms with Gasteiger partial charge in [-0.25, -0.2) is 10.0 Å². The fraction of sp³-hybridized carbons (Fsp3) is 0.333. The Morgan fingerprint density at radius 3 is 2.83 bits per heavy atom. The number of aromatic hydroxyl groups is 1. The van der Waals surface area contributed by atoms with Crippen molar-refractivity contribution in [3.8, 4) is 11.5 Å². The van der Waals surface area contributed by atoms with Gasteiger partial charge in [0.1, 0.15) is 0 Å². The van der Waals surface area contributed by atoms with Crippen LogP contribution in [0.3, 0.4) is 0 Å². The van der Waals surface area contributed by atoms with Gasteiger partial charge >= 0.3 is 0 Å². The second-order valence-electron chi connectivity index (χ2n) is 4.99. The number of nitrogens with zero attached hydrogens (tertiary/aromatic N) is 2. The number of phenolic OH excluding ortho intramolecular Hbond substituents is 1. The lowest BCUT2D eigenvalue weighted by molar-refractivity contribution is -0.138. The molecule has 0 spiro atoms. The van der Waals surface area contributed by atoms with Gasteiger partial charge in [0.05, 0.1) is 25.2 Å². The van der Waals surface area contributed by atoms with E-state index in [1.54, 1.807) is 23.2 Å². The van der Waals surface area contributed by atoms with E-state index < -0.39 is 0 Å². The van der Waals surface area contributed by atoms with Crippen molar-refractivity contribution >= 4 is 40.3 Å². The predicted molar refractivity (Wildman–Crippen MR) is 92.1 cm³/mol. The van der Waals surface area contributed by atoms with Crippen molar-refractivity contribution in [2.24, 2.45) is 0 Å². The number of thioether (sulfide) groups is 1. The standard InChI is InChI=1S/C15H16N2O4S2/c1-20-12-8-10(2-3-11(12)18)9-13-14(19)17(15(22)23-13)16-4-6-21-7-5-16/h2-3,8-9,18H,4-7H2,1H3/b13-9+. The SMILES string of the molecule is COc1cc(/C=C2/SC(=S)N(N3CCOCC3)C2=O)ccc1O. The lowest BCUT2D eigenvalue weighted by Gasteiger charge is -2.33. The molecule has 3 rings (SSSR count). The number of hydrogen-bond donors (Lipinski definition) is 1. The van der Waals surface area contributed by atoms with Gasteiger partial charge in [0.2, 0.25) is 0 Å². The van der Waals surface area contributed by atoms with Crippen LogP contribution in [-0.4, -0.2) is 58.8 Å². The van der Waals surface area contributed by atoms with Crippen molar-refractivity contribution < 1.29 is 19.4 Å². The Morgan fingerprint density at radius 2 is 2.13 bits per heavy atom. The summed E-state index contributed by atoms with van der Waals surface area (Å²) in [4.78, 5) is 13.2. The van der Waals surface area contributed by atoms with E-state index >= 15 is 0 Å². The van der Waals surface area contributed by atoms with Crippen molar-refractivity contribution in [2.45, 2.75) is 0 Å². The van der Waals surface area contributed by atoms with Gasteiger partial charge < -0.3 is 14.6 Å². The van der Waals surface area contributed by atoms with E-state index in [2.05, 4.69) is 0 Å². The minimum absolute atomic E-state index is 0.0607. The van der Waals surface area contributed by atoms with Crippen molar-refractivity contribution in [2.75, 3.05) is 33.4 Å². The summed E-state index contributed by atoms with van der Waals surface area (Å²) in [7, 11) is 1.48. The number of carbonyl (C=O) groups excluding carboxylic acids is 1. The average Bonchev–Trinajstić information content (AvgIpc) is 2.84. The second kappa shape index (κ2) is 6.88. The minimum atomic E-state index is -0.131. The van der Waals surface area contributed by atoms with Gasteiger partial charge in [-0.1, -0.05) is 30.0 Å². The van der Waals surface area contributed by atoms with Crippen LogP contribution in [0.25, 0.3) is 6.08 Å². The molecule has 8 heteroatoms. The fourth-order valence-electron chi connectivity index (χ4n) is 2.39. The third-order valence-electron chi connectivity index (χ3n) is 3.55. The lowest BCUT2D eigenvalue weighted by atomic mass is 10.2. The van der Waals surface area contributed by atoms with Gasteiger partial charge in [0.15, 0.2) is 15.8 Å². The summed E-state index contributed by atoms with van der Waals surface area (Å²) in [5, 5.41) is 13.1. The highest BCUT2D eigenvalue weighted by atomic mass is 32.2. The maximum Gasteiger partial charge on any atom is 0.280 e. The monoisotopic (exact) mass is 352 g/mol. The summed E-state index contributed by atoms with van der Waals surface area (Å²) < 4.78 is 10.9. The number of ether oxygens (including phenoxy) is 2. The van der Waals surface area contributed by atoms with Crippen LogP contribution in [0.4, 0.5) is 0 Å². The number of methoxy groups -OCH3 is 1. The first-order chi connectivity index (χ1) is 11.1. The van der Waals surface area contributed by atoms with Crippen LogP contribution in [0.1, 0.15) is 5.56 Å². The molecule has 2 fully saturated rings. The van der Waals surface area contributed by atoms with Crippen LogP contribution >= 0.6 is 24.0 Å². The van der Waals surface area contributed by atoms with Gasteiger partial charge in [-0.2, -0.15) is 0 Å². The molecule has 122 valence electrons. The van der Waals surface area contributed by atoms with Crippen molar-refractivity contribution in [1.29, 1.82) is 0 Å². The largest absolute Gasteiger partial charge is 0.504 e. The molecule has 0 radical (unpaired) electrons. The van der Waals surface area contributed by atoms with Gasteiger partial charge in [0.25, 0.3) is 5.91 Å². The van der Waals surface area contributed by atoms with E-state index in [4.69, 9.17) is 21.7 Å². The van der Waals surface area contributed by atoms with Crippen LogP contribution in [0.2, 0.25) is 0 Å². The maximum absolute atomic E-state index is 12.6. The molecule has 2 aliphatic heterocycles. The maximum atomic E-state index is 12.6. The topological polar surface area (TPSA) is 62.2 Å². The molecule has 2 aliphatic rings. The Bertz CT molecular complexity index is 671. The normalized spacial score (nSPS) is 21.3. The Balaban J connectivity index is 1.83. The molecule has 1 amide bonds. The summed E-state index contributed by atoms with van der Waals surface area (Å²) in [6.45, 7) is 2.47. The number of phenols is 1. The van der Waals surface area contributed by atoms with Gasteiger partial charge in [0, 0.05) is 13.1 Å². The first kappa shape index (κ1) is 16.3. The molecule has 0 aliphatic carbocycles. The molecule has 0 unspecified atom stereocenters. The van der Waals surface area contributed by atoms with Crippen LogP contribution in [-0.2, 0) is 9.53 Å². The van der Waals surface area contributed by atoms with Crippen LogP contribution in [0.15, 0.2) is 23.1 Å². The first-order valence-corrected chi connectivity index (χ1v) is 8.30. The number of hydrogen-bond acceptors (Lipinski definition) is 7. The second-order valence-corrected chi connectivity index (χ2v) is 6.67. The summed E-state index contributed by atoms with van der Waals surface area (Å²) in [6, 6.07) is 4.93. The van der Waals surface area contributed by atoms with Crippen LogP contribution in [0, 0.1) is 0 Å². The molecule has 0 bridgehead atoms. The first-order valence-electron chi connectivity index (χ1n) is 7.07. The zero-order valence-corrected chi connectivity index (χ0v) is 14.2. The summed E-state index contributed by atoms with van der Waals surface area (Å²) in [5.74, 6) is 0.293. The molecule has 2 heterocycles. The highest BCUT2D eigenvalue weighted by Gasteiger charge is 2.36. The zero-order valence-electron chi connectivity index (χ0n) is 12.5. The third-order valence-corrected chi connectivity index (χ3v) is 4.83. The number of thiocarbonyl (C=S) groups is 1. The summed E-state index contributed by atoms with van der Waals surface area (Å²) in [6.07, 6.45) is 1.75. The minimum Gasteiger partial charge on any atom is -0.504 e. The van der Waals surface area contributed by atoms with Gasteiger partial charge in [-0.05, 0) is 23.8 Å². The molecule has 2 saturated heterocycles. The fourth-order valence-corrected chi connectivity index (χ4v) is 3.70. The molecular formula is C15H16N2O4S2. The summed E-state index contributed by atoms with van der Waals surface area (Å²) in [5.41, 5.74) is 0.766. The van der Waals surface area contributed by atoms with Gasteiger partial charge in [-0.15, -0.1) is 0 Å². The highest BCUT2D eigenvalue weighted by Crippen LogP contribution is 2.35. The van der Waals surface area contributed by atoms with E-state index in [0.29, 0.717) is 41.3 Å². The molecule has 1 aromatic carbocycles. The Hall–Kier alpha value is -1.61. The van der Waals surface area contributed by atoms with Crippen molar-refractivity contribution in [1.82, 2.24) is 10.0 Å². The van der Waals surface area contributed by atoms with E-state index in [9.17, 15) is 9.90 Å². The average molecular weight is 352 g/mol. The number of benzene rings is 1. The predicted octanol–water partition coefficient (Wildman–Crippen LogP) is 1.85. The van der Waals surface area contributed by atoms with Gasteiger partial charge in [-0.3, -0.25) is 4.79 Å². The third kappa shape index (κ3) is 3.35. The molecular weight excluding hydrogens is 336 g/mol. The molecule has 23 heavy (non-hydrogen) atoms. The highest BCUT2D eigenvalue weighted by molar-refractivity contribution is 8.26. The summed E-state index contributed by atoms with van der Waals surface area (Å²) >= 11 is 6.61. The Kier molecular flexibility index (Phi) is 4.86. The van der Waals surface area contributed by atoms with Crippen LogP contribution in [0.5, 0.6) is 11.5 Å². The van der Waals surface area contributed by atoms with E-state index in [-0.39, 0.29) is 11.7 Å². The molecule has 1 aromatic rings. The molecule has 0 aromatic heterocycles. The molecule has 0 atom stereocenters. The molecule has 1 N–H and O–H groups in total. The number of amides is 1. The molecule has 0 saturated carbocycles. The van der Waals surface area contributed by atoms with Crippen LogP contribution < -0.4 is 4.74 Å². The Morgan fingerprint density at radius 1 is 1.39 bits per heavy atom. The quantitative estimate of drug-likeness (QED) is 0.658. The number of hydrazine groups is 1. The smallest absolute Gasteiger partial charge is 0.280 e. The zero-order chi connectivity index (χ0) is 16.4. The number of carbonyl (C=O) groups is 1. The van der Waals surface area contributed by atoms with Crippen molar-refractivity contribution in [3.63, 3.8) is 0 Å². The number of morpholine rings is 1. The number of rotatable bonds is 3. The van der Waals surface area contributed by atoms with Crippen molar-refractivity contribution in [3.05, 3.63) is 28.7 Å². The Labute approximate surface area is 143 Å². The lowest BCUT2D eigenvalue weighted by Crippen LogP contribution is -2.50. The molecule has 6 nitrogen and oxygen atoms in total.